The Hall–Kier alpha value is -2.65. The van der Waals surface area contributed by atoms with E-state index in [1.807, 2.05) is 43.3 Å². The summed E-state index contributed by atoms with van der Waals surface area (Å²) in [4.78, 5) is 16.2. The van der Waals surface area contributed by atoms with E-state index in [4.69, 9.17) is 0 Å². The molecule has 0 saturated carbocycles. The Morgan fingerprint density at radius 3 is 2.28 bits per heavy atom. The average Bonchev–Trinajstić information content (AvgIpc) is 2.96. The number of thioether (sulfide) groups is 1. The maximum Gasteiger partial charge on any atom is 0.284 e. The Morgan fingerprint density at radius 1 is 1.10 bits per heavy atom. The van der Waals surface area contributed by atoms with E-state index in [9.17, 15) is 17.6 Å². The van der Waals surface area contributed by atoms with Crippen LogP contribution in [0, 0.1) is 5.82 Å². The summed E-state index contributed by atoms with van der Waals surface area (Å²) in [6.07, 6.45) is 1.71. The quantitative estimate of drug-likeness (QED) is 0.674. The minimum atomic E-state index is -4.06. The maximum absolute atomic E-state index is 13.1. The number of halogens is 1. The normalized spacial score (nSPS) is 17.4. The second-order valence-electron chi connectivity index (χ2n) is 6.45. The van der Waals surface area contributed by atoms with Crippen molar-refractivity contribution < 1.29 is 17.6 Å². The van der Waals surface area contributed by atoms with Crippen LogP contribution < -0.4 is 4.90 Å². The molecule has 1 saturated heterocycles. The van der Waals surface area contributed by atoms with Crippen molar-refractivity contribution in [3.63, 3.8) is 0 Å². The number of carbonyl (C=O) groups is 1. The summed E-state index contributed by atoms with van der Waals surface area (Å²) in [5.74, 6) is -0.843. The van der Waals surface area contributed by atoms with Crippen LogP contribution in [0.2, 0.25) is 0 Å². The number of amides is 1. The molecule has 0 radical (unpaired) electrons. The number of hydrogen-bond acceptors (Lipinski definition) is 5. The first-order valence-corrected chi connectivity index (χ1v) is 11.1. The molecular weight excluding hydrogens is 413 g/mol. The van der Waals surface area contributed by atoms with Gasteiger partial charge in [-0.2, -0.15) is 8.42 Å². The topological polar surface area (TPSA) is 70.1 Å². The van der Waals surface area contributed by atoms with Crippen molar-refractivity contribution in [3.05, 3.63) is 64.8 Å². The number of rotatable bonds is 5. The highest BCUT2D eigenvalue weighted by Gasteiger charge is 2.34. The molecule has 0 N–H and O–H groups in total. The molecule has 6 nitrogen and oxygen atoms in total. The summed E-state index contributed by atoms with van der Waals surface area (Å²) in [6, 6.07) is 12.0. The Bertz CT molecular complexity index is 1080. The Balaban J connectivity index is 1.92. The summed E-state index contributed by atoms with van der Waals surface area (Å²) in [5.41, 5.74) is 1.85. The third-order valence-corrected chi connectivity index (χ3v) is 6.62. The number of hydrogen-bond donors (Lipinski definition) is 0. The van der Waals surface area contributed by atoms with Crippen LogP contribution in [0.1, 0.15) is 12.5 Å². The third kappa shape index (κ3) is 4.68. The molecule has 0 aliphatic carbocycles. The van der Waals surface area contributed by atoms with Crippen LogP contribution in [0.5, 0.6) is 0 Å². The fourth-order valence-electron chi connectivity index (χ4n) is 2.64. The number of sulfonamides is 1. The van der Waals surface area contributed by atoms with E-state index in [1.165, 1.54) is 4.90 Å². The zero-order valence-electron chi connectivity index (χ0n) is 16.2. The SMILES string of the molecule is CCN1C(=O)/C(=C/c2ccc(N(C)C)cc2)S/C1=N\S(=O)(=O)c1ccc(F)cc1. The molecule has 1 fully saturated rings. The molecule has 3 rings (SSSR count). The molecule has 0 unspecified atom stereocenters. The highest BCUT2D eigenvalue weighted by molar-refractivity contribution is 8.19. The van der Waals surface area contributed by atoms with Crippen molar-refractivity contribution in [2.75, 3.05) is 25.5 Å². The number of likely N-dealkylation sites (N-methyl/N-ethyl adjacent to an activating group) is 1. The maximum atomic E-state index is 13.1. The number of anilines is 1. The van der Waals surface area contributed by atoms with Crippen LogP contribution in [-0.2, 0) is 14.8 Å². The van der Waals surface area contributed by atoms with E-state index in [0.29, 0.717) is 4.91 Å². The Kier molecular flexibility index (Phi) is 6.09. The Morgan fingerprint density at radius 2 is 1.72 bits per heavy atom. The van der Waals surface area contributed by atoms with Gasteiger partial charge in [0.05, 0.1) is 9.80 Å². The van der Waals surface area contributed by atoms with Gasteiger partial charge in [-0.3, -0.25) is 9.69 Å². The van der Waals surface area contributed by atoms with Gasteiger partial charge in [0.1, 0.15) is 5.82 Å². The molecule has 2 aromatic carbocycles. The fourth-order valence-corrected chi connectivity index (χ4v) is 4.88. The predicted molar refractivity (Wildman–Crippen MR) is 115 cm³/mol. The zero-order valence-corrected chi connectivity index (χ0v) is 17.8. The first kappa shape index (κ1) is 21.1. The molecule has 0 aromatic heterocycles. The molecule has 1 aliphatic heterocycles. The highest BCUT2D eigenvalue weighted by Crippen LogP contribution is 2.33. The van der Waals surface area contributed by atoms with Gasteiger partial charge in [0, 0.05) is 26.3 Å². The fraction of sp³-hybridized carbons (Fsp3) is 0.200. The van der Waals surface area contributed by atoms with Crippen LogP contribution in [0.4, 0.5) is 10.1 Å². The van der Waals surface area contributed by atoms with Crippen molar-refractivity contribution in [1.29, 1.82) is 0 Å². The molecule has 0 bridgehead atoms. The van der Waals surface area contributed by atoms with Gasteiger partial charge in [0.25, 0.3) is 15.9 Å². The molecule has 1 aliphatic rings. The van der Waals surface area contributed by atoms with Gasteiger partial charge in [0.2, 0.25) is 0 Å². The van der Waals surface area contributed by atoms with Crippen molar-refractivity contribution in [1.82, 2.24) is 4.90 Å². The lowest BCUT2D eigenvalue weighted by atomic mass is 10.2. The lowest BCUT2D eigenvalue weighted by Gasteiger charge is -2.12. The van der Waals surface area contributed by atoms with E-state index < -0.39 is 15.8 Å². The largest absolute Gasteiger partial charge is 0.378 e. The molecule has 1 heterocycles. The van der Waals surface area contributed by atoms with E-state index in [2.05, 4.69) is 4.40 Å². The molecule has 9 heteroatoms. The van der Waals surface area contributed by atoms with Crippen LogP contribution in [0.25, 0.3) is 6.08 Å². The first-order valence-electron chi connectivity index (χ1n) is 8.80. The van der Waals surface area contributed by atoms with Gasteiger partial charge in [-0.1, -0.05) is 12.1 Å². The molecule has 152 valence electrons. The summed E-state index contributed by atoms with van der Waals surface area (Å²) in [6.45, 7) is 2.02. The van der Waals surface area contributed by atoms with Crippen molar-refractivity contribution in [2.24, 2.45) is 4.40 Å². The van der Waals surface area contributed by atoms with Crippen molar-refractivity contribution >= 4 is 44.6 Å². The van der Waals surface area contributed by atoms with Crippen LogP contribution in [0.3, 0.4) is 0 Å². The number of nitrogens with zero attached hydrogens (tertiary/aromatic N) is 3. The molecule has 2 aromatic rings. The Labute approximate surface area is 173 Å². The average molecular weight is 434 g/mol. The molecule has 1 amide bonds. The van der Waals surface area contributed by atoms with Gasteiger partial charge in [-0.25, -0.2) is 4.39 Å². The van der Waals surface area contributed by atoms with E-state index in [-0.39, 0.29) is 22.5 Å². The van der Waals surface area contributed by atoms with Gasteiger partial charge < -0.3 is 4.90 Å². The van der Waals surface area contributed by atoms with E-state index in [1.54, 1.807) is 13.0 Å². The standard InChI is InChI=1S/C20H20FN3O3S2/c1-4-24-19(25)18(13-14-5-9-16(10-6-14)23(2)3)28-20(24)22-29(26,27)17-11-7-15(21)8-12-17/h5-13H,4H2,1-3H3/b18-13-,22-20-. The van der Waals surface area contributed by atoms with Crippen LogP contribution in [0.15, 0.2) is 62.7 Å². The monoisotopic (exact) mass is 433 g/mol. The minimum absolute atomic E-state index is 0.0815. The predicted octanol–water partition coefficient (Wildman–Crippen LogP) is 3.57. The highest BCUT2D eigenvalue weighted by atomic mass is 32.2. The molecular formula is C20H20FN3O3S2. The lowest BCUT2D eigenvalue weighted by molar-refractivity contribution is -0.122. The summed E-state index contributed by atoms with van der Waals surface area (Å²) in [7, 11) is -0.189. The van der Waals surface area contributed by atoms with E-state index >= 15 is 0 Å². The molecule has 29 heavy (non-hydrogen) atoms. The van der Waals surface area contributed by atoms with Crippen molar-refractivity contribution in [3.8, 4) is 0 Å². The number of benzene rings is 2. The first-order chi connectivity index (χ1) is 13.7. The van der Waals surface area contributed by atoms with Gasteiger partial charge in [-0.05, 0) is 66.7 Å². The zero-order chi connectivity index (χ0) is 21.2. The van der Waals surface area contributed by atoms with Gasteiger partial charge >= 0.3 is 0 Å². The van der Waals surface area contributed by atoms with E-state index in [0.717, 1.165) is 47.3 Å². The van der Waals surface area contributed by atoms with Crippen LogP contribution >= 0.6 is 11.8 Å². The second kappa shape index (κ2) is 8.38. The second-order valence-corrected chi connectivity index (χ2v) is 9.06. The van der Waals surface area contributed by atoms with Gasteiger partial charge in [0.15, 0.2) is 5.17 Å². The third-order valence-electron chi connectivity index (χ3n) is 4.22. The smallest absolute Gasteiger partial charge is 0.284 e. The summed E-state index contributed by atoms with van der Waals surface area (Å²) in [5, 5.41) is 0.0815. The molecule has 0 atom stereocenters. The number of amidine groups is 1. The summed E-state index contributed by atoms with van der Waals surface area (Å²) >= 11 is 1.01. The minimum Gasteiger partial charge on any atom is -0.378 e. The van der Waals surface area contributed by atoms with Crippen LogP contribution in [-0.4, -0.2) is 45.0 Å². The summed E-state index contributed by atoms with van der Waals surface area (Å²) < 4.78 is 42.0. The lowest BCUT2D eigenvalue weighted by Crippen LogP contribution is -2.29. The number of carbonyl (C=O) groups excluding carboxylic acids is 1. The van der Waals surface area contributed by atoms with Gasteiger partial charge in [-0.15, -0.1) is 4.40 Å². The van der Waals surface area contributed by atoms with Crippen molar-refractivity contribution in [2.45, 2.75) is 11.8 Å². The molecule has 0 spiro atoms.